The van der Waals surface area contributed by atoms with E-state index in [0.717, 1.165) is 4.88 Å². The number of hydrogen-bond donors (Lipinski definition) is 2. The topological polar surface area (TPSA) is 64.9 Å². The van der Waals surface area contributed by atoms with Gasteiger partial charge in [-0.1, -0.05) is 0 Å². The third kappa shape index (κ3) is 4.43. The number of nitrogens with one attached hydrogen (secondary N) is 2. The molecular formula is C11H15N3OS. The van der Waals surface area contributed by atoms with Gasteiger partial charge >= 0.3 is 0 Å². The first-order chi connectivity index (χ1) is 7.61. The van der Waals surface area contributed by atoms with Crippen molar-refractivity contribution in [3.05, 3.63) is 21.9 Å². The van der Waals surface area contributed by atoms with Crippen molar-refractivity contribution in [1.82, 2.24) is 10.6 Å². The van der Waals surface area contributed by atoms with Crippen molar-refractivity contribution in [3.63, 3.8) is 0 Å². The van der Waals surface area contributed by atoms with Crippen LogP contribution in [-0.4, -0.2) is 18.5 Å². The van der Waals surface area contributed by atoms with E-state index < -0.39 is 0 Å². The zero-order chi connectivity index (χ0) is 12.0. The summed E-state index contributed by atoms with van der Waals surface area (Å²) in [6.45, 7) is 4.78. The highest BCUT2D eigenvalue weighted by molar-refractivity contribution is 7.10. The van der Waals surface area contributed by atoms with Gasteiger partial charge < -0.3 is 10.6 Å². The predicted octanol–water partition coefficient (Wildman–Crippen LogP) is 1.23. The van der Waals surface area contributed by atoms with Gasteiger partial charge in [0.15, 0.2) is 0 Å². The Morgan fingerprint density at radius 3 is 2.94 bits per heavy atom. The number of rotatable bonds is 5. The smallest absolute Gasteiger partial charge is 0.234 e. The van der Waals surface area contributed by atoms with Gasteiger partial charge in [-0.15, -0.1) is 11.3 Å². The summed E-state index contributed by atoms with van der Waals surface area (Å²) in [6.07, 6.45) is 0. The maximum Gasteiger partial charge on any atom is 0.234 e. The lowest BCUT2D eigenvalue weighted by Crippen LogP contribution is -2.37. The minimum atomic E-state index is -0.00735. The molecule has 0 atom stereocenters. The molecule has 1 aromatic heterocycles. The van der Waals surface area contributed by atoms with Crippen molar-refractivity contribution >= 4 is 17.2 Å². The van der Waals surface area contributed by atoms with E-state index in [9.17, 15) is 4.79 Å². The SMILES string of the molecule is CC(C)NC(=O)CNCc1cc(C#N)cs1. The van der Waals surface area contributed by atoms with E-state index in [1.807, 2.05) is 25.3 Å². The first-order valence-corrected chi connectivity index (χ1v) is 5.97. The molecule has 0 spiro atoms. The Morgan fingerprint density at radius 1 is 1.62 bits per heavy atom. The standard InChI is InChI=1S/C11H15N3OS/c1-8(2)14-11(15)6-13-5-10-3-9(4-12)7-16-10/h3,7-8,13H,5-6H2,1-2H3,(H,14,15). The molecule has 0 aromatic carbocycles. The molecule has 0 unspecified atom stereocenters. The van der Waals surface area contributed by atoms with Crippen molar-refractivity contribution in [2.24, 2.45) is 0 Å². The first kappa shape index (κ1) is 12.7. The summed E-state index contributed by atoms with van der Waals surface area (Å²) >= 11 is 1.52. The van der Waals surface area contributed by atoms with Gasteiger partial charge in [0.25, 0.3) is 0 Å². The van der Waals surface area contributed by atoms with Crippen molar-refractivity contribution in [3.8, 4) is 6.07 Å². The number of amides is 1. The molecule has 1 rings (SSSR count). The zero-order valence-corrected chi connectivity index (χ0v) is 10.2. The van der Waals surface area contributed by atoms with E-state index in [-0.39, 0.29) is 11.9 Å². The van der Waals surface area contributed by atoms with Gasteiger partial charge in [-0.25, -0.2) is 0 Å². The van der Waals surface area contributed by atoms with Crippen LogP contribution in [0.4, 0.5) is 0 Å². The Bertz CT molecular complexity index is 392. The Balaban J connectivity index is 2.25. The van der Waals surface area contributed by atoms with Crippen LogP contribution < -0.4 is 10.6 Å². The van der Waals surface area contributed by atoms with Crippen molar-refractivity contribution < 1.29 is 4.79 Å². The monoisotopic (exact) mass is 237 g/mol. The number of nitrogens with zero attached hydrogens (tertiary/aromatic N) is 1. The fourth-order valence-corrected chi connectivity index (χ4v) is 1.98. The molecule has 0 fully saturated rings. The molecule has 0 saturated carbocycles. The number of nitriles is 1. The molecule has 5 heteroatoms. The Labute approximate surface area is 99.3 Å². The molecule has 16 heavy (non-hydrogen) atoms. The van der Waals surface area contributed by atoms with Crippen LogP contribution >= 0.6 is 11.3 Å². The minimum absolute atomic E-state index is 0.00735. The molecular weight excluding hydrogens is 222 g/mol. The van der Waals surface area contributed by atoms with E-state index in [2.05, 4.69) is 16.7 Å². The van der Waals surface area contributed by atoms with Gasteiger partial charge in [0, 0.05) is 22.8 Å². The molecule has 1 heterocycles. The lowest BCUT2D eigenvalue weighted by molar-refractivity contribution is -0.120. The average Bonchev–Trinajstić information content (AvgIpc) is 2.64. The first-order valence-electron chi connectivity index (χ1n) is 5.09. The largest absolute Gasteiger partial charge is 0.353 e. The molecule has 0 aliphatic rings. The van der Waals surface area contributed by atoms with E-state index >= 15 is 0 Å². The molecule has 4 nitrogen and oxygen atoms in total. The Morgan fingerprint density at radius 2 is 2.38 bits per heavy atom. The number of carbonyl (C=O) groups excluding carboxylic acids is 1. The second-order valence-electron chi connectivity index (χ2n) is 3.74. The van der Waals surface area contributed by atoms with Crippen LogP contribution in [0.15, 0.2) is 11.4 Å². The Hall–Kier alpha value is -1.38. The fraction of sp³-hybridized carbons (Fsp3) is 0.455. The fourth-order valence-electron chi connectivity index (χ4n) is 1.20. The van der Waals surface area contributed by atoms with Crippen LogP contribution in [0.25, 0.3) is 0 Å². The highest BCUT2D eigenvalue weighted by Gasteiger charge is 2.03. The van der Waals surface area contributed by atoms with Crippen molar-refractivity contribution in [2.45, 2.75) is 26.4 Å². The van der Waals surface area contributed by atoms with Crippen LogP contribution in [0.3, 0.4) is 0 Å². The second-order valence-corrected chi connectivity index (χ2v) is 4.74. The van der Waals surface area contributed by atoms with Crippen LogP contribution in [-0.2, 0) is 11.3 Å². The lowest BCUT2D eigenvalue weighted by atomic mass is 10.3. The number of carbonyl (C=O) groups is 1. The summed E-state index contributed by atoms with van der Waals surface area (Å²) < 4.78 is 0. The van der Waals surface area contributed by atoms with Gasteiger partial charge in [-0.2, -0.15) is 5.26 Å². The number of thiophene rings is 1. The molecule has 0 bridgehead atoms. The highest BCUT2D eigenvalue weighted by Crippen LogP contribution is 2.12. The van der Waals surface area contributed by atoms with Gasteiger partial charge in [0.2, 0.25) is 5.91 Å². The normalized spacial score (nSPS) is 10.1. The van der Waals surface area contributed by atoms with Crippen LogP contribution in [0.5, 0.6) is 0 Å². The molecule has 0 radical (unpaired) electrons. The van der Waals surface area contributed by atoms with Crippen LogP contribution in [0.2, 0.25) is 0 Å². The molecule has 1 amide bonds. The van der Waals surface area contributed by atoms with Crippen molar-refractivity contribution in [1.29, 1.82) is 5.26 Å². The minimum Gasteiger partial charge on any atom is -0.353 e. The maximum absolute atomic E-state index is 11.3. The molecule has 0 aliphatic carbocycles. The summed E-state index contributed by atoms with van der Waals surface area (Å²) in [5.41, 5.74) is 0.674. The molecule has 86 valence electrons. The average molecular weight is 237 g/mol. The molecule has 0 aliphatic heterocycles. The second kappa shape index (κ2) is 6.26. The third-order valence-electron chi connectivity index (χ3n) is 1.82. The van der Waals surface area contributed by atoms with E-state index in [1.54, 1.807) is 0 Å². The molecule has 1 aromatic rings. The predicted molar refractivity (Wildman–Crippen MR) is 64.0 cm³/mol. The van der Waals surface area contributed by atoms with Crippen LogP contribution in [0, 0.1) is 11.3 Å². The highest BCUT2D eigenvalue weighted by atomic mass is 32.1. The van der Waals surface area contributed by atoms with E-state index in [1.165, 1.54) is 11.3 Å². The molecule has 0 saturated heterocycles. The quantitative estimate of drug-likeness (QED) is 0.809. The van der Waals surface area contributed by atoms with Gasteiger partial charge in [0.05, 0.1) is 12.1 Å². The number of hydrogen-bond acceptors (Lipinski definition) is 4. The summed E-state index contributed by atoms with van der Waals surface area (Å²) in [7, 11) is 0. The summed E-state index contributed by atoms with van der Waals surface area (Å²) in [6, 6.07) is 4.08. The Kier molecular flexibility index (Phi) is 4.96. The van der Waals surface area contributed by atoms with Gasteiger partial charge in [0.1, 0.15) is 6.07 Å². The van der Waals surface area contributed by atoms with Crippen LogP contribution in [0.1, 0.15) is 24.3 Å². The summed E-state index contributed by atoms with van der Waals surface area (Å²) in [5.74, 6) is -0.00735. The van der Waals surface area contributed by atoms with Gasteiger partial charge in [-0.05, 0) is 19.9 Å². The molecule has 2 N–H and O–H groups in total. The summed E-state index contributed by atoms with van der Waals surface area (Å²) in [4.78, 5) is 12.3. The third-order valence-corrected chi connectivity index (χ3v) is 2.75. The maximum atomic E-state index is 11.3. The lowest BCUT2D eigenvalue weighted by Gasteiger charge is -2.08. The van der Waals surface area contributed by atoms with Crippen molar-refractivity contribution in [2.75, 3.05) is 6.54 Å². The van der Waals surface area contributed by atoms with E-state index in [4.69, 9.17) is 5.26 Å². The summed E-state index contributed by atoms with van der Waals surface area (Å²) in [5, 5.41) is 16.3. The zero-order valence-electron chi connectivity index (χ0n) is 9.41. The van der Waals surface area contributed by atoms with Gasteiger partial charge in [-0.3, -0.25) is 4.79 Å². The van der Waals surface area contributed by atoms with E-state index in [0.29, 0.717) is 18.7 Å².